The van der Waals surface area contributed by atoms with Gasteiger partial charge in [0.1, 0.15) is 24.2 Å². The summed E-state index contributed by atoms with van der Waals surface area (Å²) < 4.78 is 21.2. The number of hydrogen-bond acceptors (Lipinski definition) is 5. The second-order valence-corrected chi connectivity index (χ2v) is 6.04. The lowest BCUT2D eigenvalue weighted by Gasteiger charge is -2.25. The molecule has 0 unspecified atom stereocenters. The predicted octanol–water partition coefficient (Wildman–Crippen LogP) is 1.50. The van der Waals surface area contributed by atoms with Gasteiger partial charge in [0.2, 0.25) is 0 Å². The van der Waals surface area contributed by atoms with Crippen LogP contribution in [0.25, 0.3) is 5.69 Å². The number of carboxylic acids is 1. The minimum Gasteiger partial charge on any atom is -0.481 e. The van der Waals surface area contributed by atoms with Crippen LogP contribution in [0.3, 0.4) is 0 Å². The van der Waals surface area contributed by atoms with Crippen molar-refractivity contribution in [1.82, 2.24) is 19.7 Å². The van der Waals surface area contributed by atoms with E-state index in [9.17, 15) is 14.0 Å². The first-order valence-corrected chi connectivity index (χ1v) is 8.32. The van der Waals surface area contributed by atoms with Crippen LogP contribution in [0.15, 0.2) is 30.9 Å². The lowest BCUT2D eigenvalue weighted by Crippen LogP contribution is -2.38. The summed E-state index contributed by atoms with van der Waals surface area (Å²) in [6.07, 6.45) is 4.07. The van der Waals surface area contributed by atoms with Gasteiger partial charge in [0.25, 0.3) is 5.91 Å². The van der Waals surface area contributed by atoms with Crippen LogP contribution >= 0.6 is 0 Å². The lowest BCUT2D eigenvalue weighted by molar-refractivity contribution is -0.137. The van der Waals surface area contributed by atoms with Crippen molar-refractivity contribution in [1.29, 1.82) is 0 Å². The molecule has 1 amide bonds. The standard InChI is InChI=1S/C17H19FN4O4/c18-14-8-12(3-4-15(14)22-11-19-10-20-22)17(25)21(6-5-16(23)24)9-13-2-1-7-26-13/h3-4,8,10-11,13H,1-2,5-7,9H2,(H,23,24)/t13-/m0/s1. The van der Waals surface area contributed by atoms with Crippen molar-refractivity contribution < 1.29 is 23.8 Å². The van der Waals surface area contributed by atoms with Crippen molar-refractivity contribution in [3.8, 4) is 5.69 Å². The van der Waals surface area contributed by atoms with Crippen molar-refractivity contribution in [3.05, 3.63) is 42.2 Å². The molecule has 8 nitrogen and oxygen atoms in total. The van der Waals surface area contributed by atoms with E-state index in [1.54, 1.807) is 0 Å². The highest BCUT2D eigenvalue weighted by molar-refractivity contribution is 5.94. The Morgan fingerprint density at radius 2 is 2.27 bits per heavy atom. The number of amides is 1. The van der Waals surface area contributed by atoms with Crippen molar-refractivity contribution in [3.63, 3.8) is 0 Å². The average molecular weight is 362 g/mol. The molecule has 2 aromatic rings. The minimum atomic E-state index is -0.997. The Kier molecular flexibility index (Phi) is 5.57. The molecule has 1 aliphatic rings. The maximum atomic E-state index is 14.4. The second kappa shape index (κ2) is 8.05. The van der Waals surface area contributed by atoms with E-state index in [4.69, 9.17) is 9.84 Å². The smallest absolute Gasteiger partial charge is 0.305 e. The summed E-state index contributed by atoms with van der Waals surface area (Å²) in [6, 6.07) is 4.06. The lowest BCUT2D eigenvalue weighted by atomic mass is 10.1. The van der Waals surface area contributed by atoms with Gasteiger partial charge >= 0.3 is 5.97 Å². The van der Waals surface area contributed by atoms with E-state index < -0.39 is 17.7 Å². The molecule has 1 fully saturated rings. The second-order valence-electron chi connectivity index (χ2n) is 6.04. The Morgan fingerprint density at radius 1 is 1.42 bits per heavy atom. The third-order valence-electron chi connectivity index (χ3n) is 4.19. The van der Waals surface area contributed by atoms with Crippen molar-refractivity contribution in [2.45, 2.75) is 25.4 Å². The Labute approximate surface area is 149 Å². The third kappa shape index (κ3) is 4.23. The van der Waals surface area contributed by atoms with Crippen LogP contribution in [0, 0.1) is 5.82 Å². The summed E-state index contributed by atoms with van der Waals surface area (Å²) in [5, 5.41) is 12.8. The molecule has 1 aliphatic heterocycles. The molecule has 0 saturated carbocycles. The molecule has 2 heterocycles. The first kappa shape index (κ1) is 18.0. The zero-order chi connectivity index (χ0) is 18.5. The molecule has 1 saturated heterocycles. The Bertz CT molecular complexity index is 775. The van der Waals surface area contributed by atoms with Crippen molar-refractivity contribution in [2.24, 2.45) is 0 Å². The summed E-state index contributed by atoms with van der Waals surface area (Å²) in [5.74, 6) is -2.04. The van der Waals surface area contributed by atoms with Crippen LogP contribution < -0.4 is 0 Å². The number of nitrogens with zero attached hydrogens (tertiary/aromatic N) is 4. The van der Waals surface area contributed by atoms with E-state index in [0.29, 0.717) is 13.2 Å². The molecule has 1 N–H and O–H groups in total. The van der Waals surface area contributed by atoms with E-state index in [2.05, 4.69) is 10.1 Å². The molecular weight excluding hydrogens is 343 g/mol. The number of rotatable bonds is 7. The molecule has 1 aromatic carbocycles. The van der Waals surface area contributed by atoms with Crippen LogP contribution in [-0.4, -0.2) is 62.4 Å². The van der Waals surface area contributed by atoms with Crippen molar-refractivity contribution in [2.75, 3.05) is 19.7 Å². The Morgan fingerprint density at radius 3 is 2.88 bits per heavy atom. The highest BCUT2D eigenvalue weighted by atomic mass is 19.1. The van der Waals surface area contributed by atoms with Crippen LogP contribution in [-0.2, 0) is 9.53 Å². The maximum absolute atomic E-state index is 14.4. The quantitative estimate of drug-likeness (QED) is 0.802. The molecule has 0 radical (unpaired) electrons. The van der Waals surface area contributed by atoms with Crippen LogP contribution in [0.2, 0.25) is 0 Å². The monoisotopic (exact) mass is 362 g/mol. The van der Waals surface area contributed by atoms with Crippen LogP contribution in [0.5, 0.6) is 0 Å². The van der Waals surface area contributed by atoms with Gasteiger partial charge in [-0.1, -0.05) is 0 Å². The first-order chi connectivity index (χ1) is 12.5. The number of aromatic nitrogens is 3. The molecule has 3 rings (SSSR count). The highest BCUT2D eigenvalue weighted by Gasteiger charge is 2.24. The molecule has 9 heteroatoms. The largest absolute Gasteiger partial charge is 0.481 e. The van der Waals surface area contributed by atoms with Gasteiger partial charge in [-0.25, -0.2) is 14.1 Å². The summed E-state index contributed by atoms with van der Waals surface area (Å²) in [4.78, 5) is 28.8. The van der Waals surface area contributed by atoms with Gasteiger partial charge in [-0.05, 0) is 31.0 Å². The van der Waals surface area contributed by atoms with Gasteiger partial charge in [0, 0.05) is 25.3 Å². The molecular formula is C17H19FN4O4. The first-order valence-electron chi connectivity index (χ1n) is 8.32. The number of aliphatic carboxylic acids is 1. The molecule has 0 aliphatic carbocycles. The molecule has 1 aromatic heterocycles. The summed E-state index contributed by atoms with van der Waals surface area (Å²) in [7, 11) is 0. The van der Waals surface area contributed by atoms with Crippen molar-refractivity contribution >= 4 is 11.9 Å². The maximum Gasteiger partial charge on any atom is 0.305 e. The minimum absolute atomic E-state index is 0.0421. The van der Waals surface area contributed by atoms with Gasteiger partial charge in [-0.2, -0.15) is 5.10 Å². The van der Waals surface area contributed by atoms with Gasteiger partial charge in [0.15, 0.2) is 0 Å². The fourth-order valence-electron chi connectivity index (χ4n) is 2.88. The SMILES string of the molecule is O=C(O)CCN(C[C@@H]1CCCO1)C(=O)c1ccc(-n2cncn2)c(F)c1. The number of benzene rings is 1. The fraction of sp³-hybridized carbons (Fsp3) is 0.412. The van der Waals surface area contributed by atoms with Crippen LogP contribution in [0.1, 0.15) is 29.6 Å². The molecule has 138 valence electrons. The number of carbonyl (C=O) groups excluding carboxylic acids is 1. The number of carboxylic acid groups (broad SMARTS) is 1. The summed E-state index contributed by atoms with van der Waals surface area (Å²) >= 11 is 0. The predicted molar refractivity (Wildman–Crippen MR) is 88.4 cm³/mol. The van der Waals surface area contributed by atoms with E-state index in [1.807, 2.05) is 0 Å². The Hall–Kier alpha value is -2.81. The fourth-order valence-corrected chi connectivity index (χ4v) is 2.88. The van der Waals surface area contributed by atoms with Crippen LogP contribution in [0.4, 0.5) is 4.39 Å². The van der Waals surface area contributed by atoms with E-state index in [0.717, 1.165) is 18.9 Å². The summed E-state index contributed by atoms with van der Waals surface area (Å²) in [5.41, 5.74) is 0.324. The highest BCUT2D eigenvalue weighted by Crippen LogP contribution is 2.18. The van der Waals surface area contributed by atoms with Gasteiger partial charge in [-0.3, -0.25) is 9.59 Å². The number of hydrogen-bond donors (Lipinski definition) is 1. The molecule has 0 bridgehead atoms. The number of halogens is 1. The molecule has 26 heavy (non-hydrogen) atoms. The van der Waals surface area contributed by atoms with Gasteiger partial charge in [0.05, 0.1) is 12.5 Å². The zero-order valence-electron chi connectivity index (χ0n) is 14.0. The number of ether oxygens (including phenoxy) is 1. The topological polar surface area (TPSA) is 97.6 Å². The molecule has 1 atom stereocenters. The zero-order valence-corrected chi connectivity index (χ0v) is 14.0. The van der Waals surface area contributed by atoms with Gasteiger partial charge < -0.3 is 14.7 Å². The third-order valence-corrected chi connectivity index (χ3v) is 4.19. The normalized spacial score (nSPS) is 16.6. The average Bonchev–Trinajstić information content (AvgIpc) is 3.31. The van der Waals surface area contributed by atoms with E-state index in [-0.39, 0.29) is 30.3 Å². The van der Waals surface area contributed by atoms with E-state index in [1.165, 1.54) is 34.4 Å². The summed E-state index contributed by atoms with van der Waals surface area (Å²) in [6.45, 7) is 0.964. The Balaban J connectivity index is 1.78. The number of carbonyl (C=O) groups is 2. The van der Waals surface area contributed by atoms with E-state index >= 15 is 0 Å². The van der Waals surface area contributed by atoms with Gasteiger partial charge in [-0.15, -0.1) is 0 Å². The molecule has 0 spiro atoms.